The number of aliphatic carboxylic acids is 1. The quantitative estimate of drug-likeness (QED) is 0.792. The van der Waals surface area contributed by atoms with E-state index in [1.807, 2.05) is 0 Å². The normalized spacial score (nSPS) is 12.8. The van der Waals surface area contributed by atoms with Gasteiger partial charge in [0.25, 0.3) is 0 Å². The number of carboxylic acid groups (broad SMARTS) is 1. The second-order valence-electron chi connectivity index (χ2n) is 4.81. The third-order valence-electron chi connectivity index (χ3n) is 2.67. The fraction of sp³-hybridized carbons (Fsp3) is 0.385. The van der Waals surface area contributed by atoms with Crippen molar-refractivity contribution in [3.8, 4) is 0 Å². The van der Waals surface area contributed by atoms with Gasteiger partial charge in [0.15, 0.2) is 0 Å². The first-order chi connectivity index (χ1) is 8.70. The Bertz CT molecular complexity index is 518. The summed E-state index contributed by atoms with van der Waals surface area (Å²) in [6.45, 7) is 4.64. The standard InChI is InChI=1S/C13H18NO4P/c1-9(15)14-12(13(16)17)8-10-4-6-11(7-5-10)19(2,3)18/h4-7,12H,8H2,1-3H3,(H,14,15)(H,16,17)/t12-/m0/s1. The van der Waals surface area contributed by atoms with Gasteiger partial charge in [-0.2, -0.15) is 0 Å². The Morgan fingerprint density at radius 2 is 1.79 bits per heavy atom. The van der Waals surface area contributed by atoms with Crippen LogP contribution in [0.2, 0.25) is 0 Å². The molecule has 104 valence electrons. The van der Waals surface area contributed by atoms with Crippen molar-refractivity contribution in [3.05, 3.63) is 29.8 Å². The maximum Gasteiger partial charge on any atom is 0.326 e. The zero-order chi connectivity index (χ0) is 14.6. The average molecular weight is 283 g/mol. The summed E-state index contributed by atoms with van der Waals surface area (Å²) in [6, 6.07) is 6.02. The molecule has 0 radical (unpaired) electrons. The minimum absolute atomic E-state index is 0.201. The molecule has 1 aromatic carbocycles. The van der Waals surface area contributed by atoms with Crippen LogP contribution >= 0.6 is 7.14 Å². The Balaban J connectivity index is 2.84. The summed E-state index contributed by atoms with van der Waals surface area (Å²) in [5, 5.41) is 12.1. The SMILES string of the molecule is CC(=O)N[C@@H](Cc1ccc(P(C)(C)=O)cc1)C(=O)O. The van der Waals surface area contributed by atoms with Crippen LogP contribution in [0.15, 0.2) is 24.3 Å². The molecule has 0 heterocycles. The van der Waals surface area contributed by atoms with E-state index in [1.165, 1.54) is 6.92 Å². The second kappa shape index (κ2) is 6.02. The maximum absolute atomic E-state index is 11.9. The highest BCUT2D eigenvalue weighted by Gasteiger charge is 2.19. The maximum atomic E-state index is 11.9. The van der Waals surface area contributed by atoms with Crippen molar-refractivity contribution in [1.29, 1.82) is 0 Å². The molecule has 0 aliphatic heterocycles. The van der Waals surface area contributed by atoms with Gasteiger partial charge in [0.2, 0.25) is 5.91 Å². The molecule has 0 bridgehead atoms. The lowest BCUT2D eigenvalue weighted by Crippen LogP contribution is -2.41. The molecule has 1 atom stereocenters. The predicted octanol–water partition coefficient (Wildman–Crippen LogP) is 1.07. The van der Waals surface area contributed by atoms with E-state index in [0.29, 0.717) is 0 Å². The Kier molecular flexibility index (Phi) is 4.90. The highest BCUT2D eigenvalue weighted by atomic mass is 31.2. The predicted molar refractivity (Wildman–Crippen MR) is 74.5 cm³/mol. The topological polar surface area (TPSA) is 83.5 Å². The number of benzene rings is 1. The molecule has 1 amide bonds. The third kappa shape index (κ3) is 4.87. The van der Waals surface area contributed by atoms with Crippen molar-refractivity contribution < 1.29 is 19.3 Å². The lowest BCUT2D eigenvalue weighted by molar-refractivity contribution is -0.141. The molecule has 1 rings (SSSR count). The number of amides is 1. The summed E-state index contributed by atoms with van der Waals surface area (Å²) >= 11 is 0. The third-order valence-corrected chi connectivity index (χ3v) is 4.22. The van der Waals surface area contributed by atoms with Gasteiger partial charge >= 0.3 is 5.97 Å². The van der Waals surface area contributed by atoms with E-state index < -0.39 is 19.2 Å². The highest BCUT2D eigenvalue weighted by Crippen LogP contribution is 2.34. The minimum atomic E-state index is -2.30. The first-order valence-electron chi connectivity index (χ1n) is 5.84. The number of carboxylic acids is 1. The van der Waals surface area contributed by atoms with E-state index in [4.69, 9.17) is 5.11 Å². The van der Waals surface area contributed by atoms with Crippen LogP contribution in [0.25, 0.3) is 0 Å². The number of carbonyl (C=O) groups excluding carboxylic acids is 1. The van der Waals surface area contributed by atoms with Crippen LogP contribution < -0.4 is 10.6 Å². The summed E-state index contributed by atoms with van der Waals surface area (Å²) in [6.07, 6.45) is 0.201. The van der Waals surface area contributed by atoms with E-state index in [0.717, 1.165) is 10.9 Å². The molecule has 0 aromatic heterocycles. The first-order valence-corrected chi connectivity index (χ1v) is 8.44. The molecule has 5 nitrogen and oxygen atoms in total. The lowest BCUT2D eigenvalue weighted by atomic mass is 10.1. The van der Waals surface area contributed by atoms with Gasteiger partial charge < -0.3 is 15.0 Å². The van der Waals surface area contributed by atoms with E-state index >= 15 is 0 Å². The second-order valence-corrected chi connectivity index (χ2v) is 8.03. The molecular formula is C13H18NO4P. The largest absolute Gasteiger partial charge is 0.480 e. The summed E-state index contributed by atoms with van der Waals surface area (Å²) in [7, 11) is -2.30. The fourth-order valence-corrected chi connectivity index (χ4v) is 2.54. The van der Waals surface area contributed by atoms with Gasteiger partial charge in [0.1, 0.15) is 13.2 Å². The van der Waals surface area contributed by atoms with Crippen LogP contribution in [0.4, 0.5) is 0 Å². The first kappa shape index (κ1) is 15.4. The van der Waals surface area contributed by atoms with Gasteiger partial charge in [-0.15, -0.1) is 0 Å². The van der Waals surface area contributed by atoms with Gasteiger partial charge in [-0.25, -0.2) is 4.79 Å². The molecule has 0 aliphatic carbocycles. The number of carbonyl (C=O) groups is 2. The summed E-state index contributed by atoms with van der Waals surface area (Å²) < 4.78 is 11.9. The number of rotatable bonds is 5. The summed E-state index contributed by atoms with van der Waals surface area (Å²) in [5.41, 5.74) is 0.776. The van der Waals surface area contributed by atoms with Gasteiger partial charge in [0, 0.05) is 18.6 Å². The van der Waals surface area contributed by atoms with E-state index in [-0.39, 0.29) is 12.3 Å². The number of hydrogen-bond donors (Lipinski definition) is 2. The summed E-state index contributed by atoms with van der Waals surface area (Å²) in [5.74, 6) is -1.45. The monoisotopic (exact) mass is 283 g/mol. The van der Waals surface area contributed by atoms with Crippen LogP contribution in [0, 0.1) is 0 Å². The van der Waals surface area contributed by atoms with Crippen molar-refractivity contribution >= 4 is 24.3 Å². The molecule has 0 spiro atoms. The molecule has 2 N–H and O–H groups in total. The highest BCUT2D eigenvalue weighted by molar-refractivity contribution is 7.70. The van der Waals surface area contributed by atoms with Gasteiger partial charge in [0.05, 0.1) is 0 Å². The van der Waals surface area contributed by atoms with Crippen LogP contribution in [0.5, 0.6) is 0 Å². The number of nitrogens with one attached hydrogen (secondary N) is 1. The zero-order valence-electron chi connectivity index (χ0n) is 11.2. The fourth-order valence-electron chi connectivity index (χ4n) is 1.67. The average Bonchev–Trinajstić information content (AvgIpc) is 2.27. The van der Waals surface area contributed by atoms with Crippen LogP contribution in [-0.4, -0.2) is 36.4 Å². The molecule has 0 saturated carbocycles. The minimum Gasteiger partial charge on any atom is -0.480 e. The molecule has 0 unspecified atom stereocenters. The molecule has 0 saturated heterocycles. The molecular weight excluding hydrogens is 265 g/mol. The number of hydrogen-bond acceptors (Lipinski definition) is 3. The Labute approximate surface area is 112 Å². The Hall–Kier alpha value is -1.61. The Morgan fingerprint density at radius 3 is 2.16 bits per heavy atom. The van der Waals surface area contributed by atoms with Gasteiger partial charge in [-0.1, -0.05) is 24.3 Å². The van der Waals surface area contributed by atoms with Crippen LogP contribution in [-0.2, 0) is 20.6 Å². The van der Waals surface area contributed by atoms with Crippen molar-refractivity contribution in [2.24, 2.45) is 0 Å². The van der Waals surface area contributed by atoms with Crippen molar-refractivity contribution in [3.63, 3.8) is 0 Å². The van der Waals surface area contributed by atoms with Crippen molar-refractivity contribution in [2.45, 2.75) is 19.4 Å². The molecule has 1 aromatic rings. The van der Waals surface area contributed by atoms with Gasteiger partial charge in [-0.05, 0) is 18.9 Å². The summed E-state index contributed by atoms with van der Waals surface area (Å²) in [4.78, 5) is 21.9. The van der Waals surface area contributed by atoms with Gasteiger partial charge in [-0.3, -0.25) is 4.79 Å². The van der Waals surface area contributed by atoms with E-state index in [1.54, 1.807) is 37.6 Å². The van der Waals surface area contributed by atoms with Crippen molar-refractivity contribution in [1.82, 2.24) is 5.32 Å². The molecule has 19 heavy (non-hydrogen) atoms. The van der Waals surface area contributed by atoms with Crippen LogP contribution in [0.3, 0.4) is 0 Å². The van der Waals surface area contributed by atoms with E-state index in [2.05, 4.69) is 5.32 Å². The van der Waals surface area contributed by atoms with Crippen molar-refractivity contribution in [2.75, 3.05) is 13.3 Å². The molecule has 6 heteroatoms. The molecule has 0 aliphatic rings. The van der Waals surface area contributed by atoms with Crippen LogP contribution in [0.1, 0.15) is 12.5 Å². The smallest absolute Gasteiger partial charge is 0.326 e. The zero-order valence-corrected chi connectivity index (χ0v) is 12.1. The Morgan fingerprint density at radius 1 is 1.26 bits per heavy atom. The lowest BCUT2D eigenvalue weighted by Gasteiger charge is -2.14. The molecule has 0 fully saturated rings. The van der Waals surface area contributed by atoms with E-state index in [9.17, 15) is 14.2 Å².